The van der Waals surface area contributed by atoms with Crippen LogP contribution >= 0.6 is 0 Å². The van der Waals surface area contributed by atoms with Crippen molar-refractivity contribution in [2.75, 3.05) is 23.8 Å². The summed E-state index contributed by atoms with van der Waals surface area (Å²) in [5.74, 6) is 0.191. The summed E-state index contributed by atoms with van der Waals surface area (Å²) in [6, 6.07) is 0.239. The number of hydrogen-bond donors (Lipinski definition) is 3. The standard InChI is InChI=1S/C12H20N4O3/c1-2-5-16-10(13)9(11(18)14-12(16)19)15(6-7-17)8-3-4-8/h8,17H,2-7,13H2,1H3,(H,14,18,19). The molecule has 1 aromatic rings. The molecule has 0 amide bonds. The molecule has 1 fully saturated rings. The van der Waals surface area contributed by atoms with E-state index in [-0.39, 0.29) is 18.5 Å². The molecule has 4 N–H and O–H groups in total. The fourth-order valence-electron chi connectivity index (χ4n) is 2.27. The molecule has 0 unspecified atom stereocenters. The van der Waals surface area contributed by atoms with Gasteiger partial charge >= 0.3 is 5.69 Å². The largest absolute Gasteiger partial charge is 0.395 e. The topological polar surface area (TPSA) is 104 Å². The molecule has 0 atom stereocenters. The molecule has 106 valence electrons. The lowest BCUT2D eigenvalue weighted by Crippen LogP contribution is -2.40. The smallest absolute Gasteiger partial charge is 0.330 e. The Hall–Kier alpha value is -1.76. The summed E-state index contributed by atoms with van der Waals surface area (Å²) >= 11 is 0. The number of aliphatic hydroxyl groups is 1. The average molecular weight is 268 g/mol. The van der Waals surface area contributed by atoms with Gasteiger partial charge in [-0.05, 0) is 19.3 Å². The van der Waals surface area contributed by atoms with Gasteiger partial charge in [-0.25, -0.2) is 4.79 Å². The van der Waals surface area contributed by atoms with Gasteiger partial charge in [0, 0.05) is 19.1 Å². The molecule has 1 saturated carbocycles. The maximum absolute atomic E-state index is 12.0. The first-order valence-electron chi connectivity index (χ1n) is 6.60. The van der Waals surface area contributed by atoms with E-state index in [1.54, 1.807) is 4.90 Å². The number of aliphatic hydroxyl groups excluding tert-OH is 1. The van der Waals surface area contributed by atoms with Gasteiger partial charge in [0.2, 0.25) is 0 Å². The zero-order chi connectivity index (χ0) is 14.0. The van der Waals surface area contributed by atoms with Crippen LogP contribution in [0, 0.1) is 0 Å². The van der Waals surface area contributed by atoms with Gasteiger partial charge in [-0.1, -0.05) is 6.92 Å². The Morgan fingerprint density at radius 3 is 2.68 bits per heavy atom. The van der Waals surface area contributed by atoms with E-state index in [0.29, 0.717) is 18.8 Å². The summed E-state index contributed by atoms with van der Waals surface area (Å²) in [7, 11) is 0. The highest BCUT2D eigenvalue weighted by atomic mass is 16.3. The van der Waals surface area contributed by atoms with Crippen LogP contribution in [-0.4, -0.2) is 33.9 Å². The maximum atomic E-state index is 12.0. The first-order valence-corrected chi connectivity index (χ1v) is 6.60. The zero-order valence-corrected chi connectivity index (χ0v) is 11.1. The van der Waals surface area contributed by atoms with E-state index < -0.39 is 11.2 Å². The van der Waals surface area contributed by atoms with Crippen LogP contribution in [0.2, 0.25) is 0 Å². The molecular formula is C12H20N4O3. The molecule has 0 radical (unpaired) electrons. The van der Waals surface area contributed by atoms with E-state index in [1.165, 1.54) is 4.57 Å². The minimum atomic E-state index is -0.479. The van der Waals surface area contributed by atoms with Crippen LogP contribution < -0.4 is 21.9 Å². The van der Waals surface area contributed by atoms with Crippen LogP contribution in [0.4, 0.5) is 11.5 Å². The zero-order valence-electron chi connectivity index (χ0n) is 11.1. The van der Waals surface area contributed by atoms with Crippen LogP contribution in [0.5, 0.6) is 0 Å². The molecule has 0 aliphatic heterocycles. The van der Waals surface area contributed by atoms with Crippen molar-refractivity contribution < 1.29 is 5.11 Å². The van der Waals surface area contributed by atoms with Gasteiger partial charge in [0.15, 0.2) is 0 Å². The molecule has 1 heterocycles. The van der Waals surface area contributed by atoms with Crippen molar-refractivity contribution in [1.82, 2.24) is 9.55 Å². The number of aromatic amines is 1. The quantitative estimate of drug-likeness (QED) is 0.644. The molecule has 0 aromatic carbocycles. The summed E-state index contributed by atoms with van der Waals surface area (Å²) in [6.45, 7) is 2.69. The molecule has 0 spiro atoms. The molecule has 1 aliphatic rings. The van der Waals surface area contributed by atoms with E-state index in [9.17, 15) is 9.59 Å². The highest BCUT2D eigenvalue weighted by Gasteiger charge is 2.32. The van der Waals surface area contributed by atoms with E-state index in [1.807, 2.05) is 6.92 Å². The fourth-order valence-corrected chi connectivity index (χ4v) is 2.27. The number of anilines is 2. The second kappa shape index (κ2) is 5.48. The van der Waals surface area contributed by atoms with Gasteiger partial charge in [0.1, 0.15) is 11.5 Å². The third kappa shape index (κ3) is 2.65. The minimum absolute atomic E-state index is 0.0533. The number of hydrogen-bond acceptors (Lipinski definition) is 5. The van der Waals surface area contributed by atoms with Gasteiger partial charge in [-0.3, -0.25) is 14.3 Å². The first kappa shape index (κ1) is 13.7. The Kier molecular flexibility index (Phi) is 3.94. The summed E-state index contributed by atoms with van der Waals surface area (Å²) in [5.41, 5.74) is 5.34. The highest BCUT2D eigenvalue weighted by molar-refractivity contribution is 5.63. The van der Waals surface area contributed by atoms with Crippen LogP contribution in [0.3, 0.4) is 0 Å². The lowest BCUT2D eigenvalue weighted by Gasteiger charge is -2.25. The molecule has 19 heavy (non-hydrogen) atoms. The van der Waals surface area contributed by atoms with Gasteiger partial charge in [-0.2, -0.15) is 0 Å². The number of nitrogens with zero attached hydrogens (tertiary/aromatic N) is 2. The maximum Gasteiger partial charge on any atom is 0.330 e. The van der Waals surface area contributed by atoms with Crippen molar-refractivity contribution in [3.8, 4) is 0 Å². The minimum Gasteiger partial charge on any atom is -0.395 e. The summed E-state index contributed by atoms with van der Waals surface area (Å²) in [5, 5.41) is 9.12. The van der Waals surface area contributed by atoms with E-state index >= 15 is 0 Å². The van der Waals surface area contributed by atoms with Gasteiger partial charge in [0.25, 0.3) is 5.56 Å². The van der Waals surface area contributed by atoms with Gasteiger partial charge < -0.3 is 15.7 Å². The Bertz CT molecular complexity index is 559. The number of aromatic nitrogens is 2. The Labute approximate surface area is 110 Å². The number of nitrogens with two attached hydrogens (primary N) is 1. The molecule has 7 heteroatoms. The molecule has 1 aromatic heterocycles. The Morgan fingerprint density at radius 2 is 2.16 bits per heavy atom. The Balaban J connectivity index is 2.51. The second-order valence-electron chi connectivity index (χ2n) is 4.79. The predicted octanol–water partition coefficient (Wildman–Crippen LogP) is -0.510. The number of nitrogens with one attached hydrogen (secondary N) is 1. The SMILES string of the molecule is CCCn1c(N)c(N(CCO)C2CC2)c(=O)[nH]c1=O. The van der Waals surface area contributed by atoms with Crippen molar-refractivity contribution in [2.45, 2.75) is 38.8 Å². The van der Waals surface area contributed by atoms with E-state index in [2.05, 4.69) is 4.98 Å². The molecule has 1 aliphatic carbocycles. The van der Waals surface area contributed by atoms with Crippen LogP contribution in [-0.2, 0) is 6.54 Å². The van der Waals surface area contributed by atoms with Gasteiger partial charge in [-0.15, -0.1) is 0 Å². The molecule has 0 bridgehead atoms. The molecule has 2 rings (SSSR count). The van der Waals surface area contributed by atoms with Crippen LogP contribution in [0.15, 0.2) is 9.59 Å². The normalized spacial score (nSPS) is 14.6. The fraction of sp³-hybridized carbons (Fsp3) is 0.667. The van der Waals surface area contributed by atoms with Crippen LogP contribution in [0.1, 0.15) is 26.2 Å². The predicted molar refractivity (Wildman–Crippen MR) is 73.5 cm³/mol. The van der Waals surface area contributed by atoms with Crippen molar-refractivity contribution >= 4 is 11.5 Å². The van der Waals surface area contributed by atoms with E-state index in [4.69, 9.17) is 10.8 Å². The second-order valence-corrected chi connectivity index (χ2v) is 4.79. The van der Waals surface area contributed by atoms with Gasteiger partial charge in [0.05, 0.1) is 6.61 Å². The molecule has 0 saturated heterocycles. The molecular weight excluding hydrogens is 248 g/mol. The number of rotatable bonds is 6. The number of nitrogen functional groups attached to an aromatic ring is 1. The third-order valence-corrected chi connectivity index (χ3v) is 3.28. The van der Waals surface area contributed by atoms with Crippen molar-refractivity contribution in [2.24, 2.45) is 0 Å². The lowest BCUT2D eigenvalue weighted by molar-refractivity contribution is 0.301. The average Bonchev–Trinajstić information content (AvgIpc) is 3.17. The number of H-pyrrole nitrogens is 1. The Morgan fingerprint density at radius 1 is 1.47 bits per heavy atom. The molecule has 7 nitrogen and oxygen atoms in total. The summed E-state index contributed by atoms with van der Waals surface area (Å²) in [4.78, 5) is 27.8. The monoisotopic (exact) mass is 268 g/mol. The van der Waals surface area contributed by atoms with Crippen molar-refractivity contribution in [1.29, 1.82) is 0 Å². The van der Waals surface area contributed by atoms with Crippen LogP contribution in [0.25, 0.3) is 0 Å². The summed E-state index contributed by atoms with van der Waals surface area (Å²) in [6.07, 6.45) is 2.70. The highest BCUT2D eigenvalue weighted by Crippen LogP contribution is 2.31. The van der Waals surface area contributed by atoms with E-state index in [0.717, 1.165) is 19.3 Å². The van der Waals surface area contributed by atoms with Crippen molar-refractivity contribution in [3.05, 3.63) is 20.8 Å². The first-order chi connectivity index (χ1) is 9.10. The third-order valence-electron chi connectivity index (χ3n) is 3.28. The van der Waals surface area contributed by atoms with Crippen molar-refractivity contribution in [3.63, 3.8) is 0 Å². The lowest BCUT2D eigenvalue weighted by atomic mass is 10.3. The summed E-state index contributed by atoms with van der Waals surface area (Å²) < 4.78 is 1.38.